The number of benzene rings is 2. The van der Waals surface area contributed by atoms with Crippen molar-refractivity contribution in [3.8, 4) is 11.3 Å². The second-order valence-corrected chi connectivity index (χ2v) is 6.69. The zero-order valence-corrected chi connectivity index (χ0v) is 16.2. The Hall–Kier alpha value is -3.12. The number of aryl methyl sites for hydroxylation is 1. The van der Waals surface area contributed by atoms with E-state index in [0.29, 0.717) is 16.5 Å². The van der Waals surface area contributed by atoms with Crippen LogP contribution in [0.4, 0.5) is 0 Å². The Bertz CT molecular complexity index is 985. The lowest BCUT2D eigenvalue weighted by molar-refractivity contribution is -0.124. The third-order valence-electron chi connectivity index (χ3n) is 4.17. The average Bonchev–Trinajstić information content (AvgIpc) is 3.08. The average molecular weight is 399 g/mol. The van der Waals surface area contributed by atoms with Gasteiger partial charge in [-0.05, 0) is 31.5 Å². The Morgan fingerprint density at radius 1 is 1.18 bits per heavy atom. The van der Waals surface area contributed by atoms with Gasteiger partial charge in [-0.2, -0.15) is 0 Å². The highest BCUT2D eigenvalue weighted by atomic mass is 35.5. The van der Waals surface area contributed by atoms with Crippen LogP contribution in [-0.4, -0.2) is 23.6 Å². The first-order valence-electron chi connectivity index (χ1n) is 8.69. The second kappa shape index (κ2) is 8.71. The van der Waals surface area contributed by atoms with Gasteiger partial charge in [-0.1, -0.05) is 59.2 Å². The van der Waals surface area contributed by atoms with Crippen molar-refractivity contribution in [2.75, 3.05) is 6.61 Å². The predicted octanol–water partition coefficient (Wildman–Crippen LogP) is 4.34. The van der Waals surface area contributed by atoms with Crippen molar-refractivity contribution in [1.29, 1.82) is 0 Å². The molecular weight excluding hydrogens is 380 g/mol. The van der Waals surface area contributed by atoms with Crippen LogP contribution in [0.2, 0.25) is 5.02 Å². The first-order chi connectivity index (χ1) is 13.5. The highest BCUT2D eigenvalue weighted by Crippen LogP contribution is 2.25. The molecule has 1 atom stereocenters. The van der Waals surface area contributed by atoms with Crippen LogP contribution in [0, 0.1) is 6.92 Å². The molecule has 1 amide bonds. The molecule has 0 spiro atoms. The molecule has 2 aromatic carbocycles. The summed E-state index contributed by atoms with van der Waals surface area (Å²) in [5.74, 6) is -0.754. The quantitative estimate of drug-likeness (QED) is 0.625. The third kappa shape index (κ3) is 4.58. The lowest BCUT2D eigenvalue weighted by atomic mass is 10.1. The van der Waals surface area contributed by atoms with Crippen molar-refractivity contribution < 1.29 is 18.8 Å². The minimum absolute atomic E-state index is 0.210. The van der Waals surface area contributed by atoms with E-state index < -0.39 is 18.5 Å². The Balaban J connectivity index is 1.63. The van der Waals surface area contributed by atoms with E-state index in [-0.39, 0.29) is 11.6 Å². The van der Waals surface area contributed by atoms with Crippen LogP contribution in [0.1, 0.15) is 34.6 Å². The summed E-state index contributed by atoms with van der Waals surface area (Å²) in [5, 5.41) is 7.30. The topological polar surface area (TPSA) is 81.4 Å². The van der Waals surface area contributed by atoms with Gasteiger partial charge in [-0.25, -0.2) is 4.79 Å². The van der Waals surface area contributed by atoms with Gasteiger partial charge in [0, 0.05) is 10.6 Å². The Morgan fingerprint density at radius 2 is 1.93 bits per heavy atom. The predicted molar refractivity (Wildman–Crippen MR) is 105 cm³/mol. The lowest BCUT2D eigenvalue weighted by Gasteiger charge is -2.14. The maximum Gasteiger partial charge on any atom is 0.344 e. The maximum atomic E-state index is 12.5. The van der Waals surface area contributed by atoms with Gasteiger partial charge in [0.15, 0.2) is 6.61 Å². The SMILES string of the molecule is Cc1onc(-c2ccccc2)c1C(=O)OCC(=O)N[C@H](C)c1cccc(Cl)c1. The third-order valence-corrected chi connectivity index (χ3v) is 4.41. The number of carbonyl (C=O) groups excluding carboxylic acids is 2. The minimum atomic E-state index is -0.664. The Labute approximate surface area is 167 Å². The fraction of sp³-hybridized carbons (Fsp3) is 0.190. The van der Waals surface area contributed by atoms with Crippen molar-refractivity contribution in [3.05, 3.63) is 76.5 Å². The summed E-state index contributed by atoms with van der Waals surface area (Å²) in [6.45, 7) is 3.03. The van der Waals surface area contributed by atoms with E-state index in [4.69, 9.17) is 20.9 Å². The van der Waals surface area contributed by atoms with Gasteiger partial charge < -0.3 is 14.6 Å². The van der Waals surface area contributed by atoms with E-state index >= 15 is 0 Å². The van der Waals surface area contributed by atoms with E-state index in [1.165, 1.54) is 0 Å². The van der Waals surface area contributed by atoms with Gasteiger partial charge in [-0.15, -0.1) is 0 Å². The molecule has 3 rings (SSSR count). The lowest BCUT2D eigenvalue weighted by Crippen LogP contribution is -2.31. The molecule has 6 nitrogen and oxygen atoms in total. The summed E-state index contributed by atoms with van der Waals surface area (Å²) in [6, 6.07) is 16.1. The molecular formula is C21H19ClN2O4. The highest BCUT2D eigenvalue weighted by molar-refractivity contribution is 6.30. The number of esters is 1. The molecule has 0 aliphatic carbocycles. The number of hydrogen-bond acceptors (Lipinski definition) is 5. The van der Waals surface area contributed by atoms with Crippen LogP contribution < -0.4 is 5.32 Å². The number of aromatic nitrogens is 1. The first-order valence-corrected chi connectivity index (χ1v) is 9.07. The van der Waals surface area contributed by atoms with E-state index in [2.05, 4.69) is 10.5 Å². The fourth-order valence-corrected chi connectivity index (χ4v) is 2.95. The zero-order chi connectivity index (χ0) is 20.1. The molecule has 0 aliphatic rings. The molecule has 1 aromatic heterocycles. The first kappa shape index (κ1) is 19.6. The molecule has 28 heavy (non-hydrogen) atoms. The van der Waals surface area contributed by atoms with Crippen LogP contribution in [0.15, 0.2) is 59.1 Å². The van der Waals surface area contributed by atoms with Crippen LogP contribution in [0.5, 0.6) is 0 Å². The van der Waals surface area contributed by atoms with Gasteiger partial charge in [0.2, 0.25) is 0 Å². The van der Waals surface area contributed by atoms with E-state index in [1.54, 1.807) is 25.1 Å². The number of nitrogens with one attached hydrogen (secondary N) is 1. The molecule has 0 bridgehead atoms. The normalized spacial score (nSPS) is 11.7. The van der Waals surface area contributed by atoms with Gasteiger partial charge in [0.1, 0.15) is 17.0 Å². The van der Waals surface area contributed by atoms with Crippen LogP contribution in [0.3, 0.4) is 0 Å². The maximum absolute atomic E-state index is 12.5. The van der Waals surface area contributed by atoms with Crippen molar-refractivity contribution >= 4 is 23.5 Å². The van der Waals surface area contributed by atoms with Crippen molar-refractivity contribution in [2.45, 2.75) is 19.9 Å². The number of amides is 1. The summed E-state index contributed by atoms with van der Waals surface area (Å²) >= 11 is 5.97. The largest absolute Gasteiger partial charge is 0.452 e. The smallest absolute Gasteiger partial charge is 0.344 e. The monoisotopic (exact) mass is 398 g/mol. The minimum Gasteiger partial charge on any atom is -0.452 e. The molecule has 1 N–H and O–H groups in total. The molecule has 0 fully saturated rings. The molecule has 0 saturated carbocycles. The van der Waals surface area contributed by atoms with Gasteiger partial charge >= 0.3 is 5.97 Å². The van der Waals surface area contributed by atoms with Crippen molar-refractivity contribution in [2.24, 2.45) is 0 Å². The molecule has 0 aliphatic heterocycles. The molecule has 7 heteroatoms. The summed E-state index contributed by atoms with van der Waals surface area (Å²) in [5.41, 5.74) is 2.18. The summed E-state index contributed by atoms with van der Waals surface area (Å²) in [4.78, 5) is 24.7. The number of rotatable bonds is 6. The van der Waals surface area contributed by atoms with Crippen LogP contribution >= 0.6 is 11.6 Å². The van der Waals surface area contributed by atoms with Gasteiger partial charge in [0.25, 0.3) is 5.91 Å². The number of hydrogen-bond donors (Lipinski definition) is 1. The second-order valence-electron chi connectivity index (χ2n) is 6.25. The fourth-order valence-electron chi connectivity index (χ4n) is 2.75. The van der Waals surface area contributed by atoms with E-state index in [0.717, 1.165) is 11.1 Å². The van der Waals surface area contributed by atoms with Gasteiger partial charge in [0.05, 0.1) is 6.04 Å². The molecule has 3 aromatic rings. The highest BCUT2D eigenvalue weighted by Gasteiger charge is 2.23. The number of nitrogens with zero attached hydrogens (tertiary/aromatic N) is 1. The van der Waals surface area contributed by atoms with Crippen molar-refractivity contribution in [1.82, 2.24) is 10.5 Å². The number of carbonyl (C=O) groups is 2. The van der Waals surface area contributed by atoms with Crippen LogP contribution in [-0.2, 0) is 9.53 Å². The molecule has 1 heterocycles. The summed E-state index contributed by atoms with van der Waals surface area (Å²) < 4.78 is 10.3. The standard InChI is InChI=1S/C21H19ClN2O4/c1-13(16-9-6-10-17(22)11-16)23-18(25)12-27-21(26)19-14(2)28-24-20(19)15-7-4-3-5-8-15/h3-11,13H,12H2,1-2H3,(H,23,25)/t13-/m1/s1. The number of halogens is 1. The molecule has 0 radical (unpaired) electrons. The Morgan fingerprint density at radius 3 is 2.64 bits per heavy atom. The summed E-state index contributed by atoms with van der Waals surface area (Å²) in [7, 11) is 0. The van der Waals surface area contributed by atoms with E-state index in [9.17, 15) is 9.59 Å². The Kier molecular flexibility index (Phi) is 6.11. The summed E-state index contributed by atoms with van der Waals surface area (Å²) in [6.07, 6.45) is 0. The zero-order valence-electron chi connectivity index (χ0n) is 15.4. The molecule has 0 unspecified atom stereocenters. The molecule has 144 valence electrons. The number of ether oxygens (including phenoxy) is 1. The molecule has 0 saturated heterocycles. The van der Waals surface area contributed by atoms with Gasteiger partial charge in [-0.3, -0.25) is 4.79 Å². The van der Waals surface area contributed by atoms with Crippen molar-refractivity contribution in [3.63, 3.8) is 0 Å². The van der Waals surface area contributed by atoms with E-state index in [1.807, 2.05) is 43.3 Å². The van der Waals surface area contributed by atoms with Crippen LogP contribution in [0.25, 0.3) is 11.3 Å².